The van der Waals surface area contributed by atoms with Crippen LogP contribution >= 0.6 is 0 Å². The summed E-state index contributed by atoms with van der Waals surface area (Å²) in [5, 5.41) is 18.0. The van der Waals surface area contributed by atoms with Crippen LogP contribution in [0.5, 0.6) is 0 Å². The first-order valence-electron chi connectivity index (χ1n) is 6.91. The number of hydrogen-bond acceptors (Lipinski definition) is 4. The molecule has 110 valence electrons. The number of nitrogens with zero attached hydrogens (tertiary/aromatic N) is 3. The molecule has 0 saturated carbocycles. The molecule has 2 rings (SSSR count). The van der Waals surface area contributed by atoms with Crippen LogP contribution in [-0.2, 0) is 4.74 Å². The Balaban J connectivity index is 2.30. The van der Waals surface area contributed by atoms with E-state index in [2.05, 4.69) is 0 Å². The lowest BCUT2D eigenvalue weighted by Gasteiger charge is -2.18. The summed E-state index contributed by atoms with van der Waals surface area (Å²) in [6, 6.07) is 12.0. The molecule has 4 nitrogen and oxygen atoms in total. The Morgan fingerprint density at radius 3 is 2.36 bits per heavy atom. The quantitative estimate of drug-likeness (QED) is 0.778. The number of hydrogen-bond donors (Lipinski definition) is 0. The van der Waals surface area contributed by atoms with Crippen molar-refractivity contribution in [3.63, 3.8) is 0 Å². The van der Waals surface area contributed by atoms with E-state index in [1.165, 1.54) is 0 Å². The lowest BCUT2D eigenvalue weighted by Crippen LogP contribution is -2.08. The first-order chi connectivity index (χ1) is 10.5. The van der Waals surface area contributed by atoms with Crippen molar-refractivity contribution >= 4 is 11.8 Å². The summed E-state index contributed by atoms with van der Waals surface area (Å²) >= 11 is 0. The highest BCUT2D eigenvalue weighted by Crippen LogP contribution is 2.28. The predicted octanol–water partition coefficient (Wildman–Crippen LogP) is 3.76. The molecule has 0 atom stereocenters. The van der Waals surface area contributed by atoms with Crippen LogP contribution in [0, 0.1) is 22.7 Å². The van der Waals surface area contributed by atoms with Crippen molar-refractivity contribution in [3.8, 4) is 12.1 Å². The third-order valence-electron chi connectivity index (χ3n) is 3.32. The number of benzene rings is 1. The van der Waals surface area contributed by atoms with Crippen molar-refractivity contribution in [1.29, 1.82) is 10.5 Å². The van der Waals surface area contributed by atoms with Crippen molar-refractivity contribution in [2.24, 2.45) is 0 Å². The zero-order valence-electron chi connectivity index (χ0n) is 12.9. The fourth-order valence-electron chi connectivity index (χ4n) is 2.22. The Morgan fingerprint density at radius 1 is 1.18 bits per heavy atom. The van der Waals surface area contributed by atoms with Gasteiger partial charge in [-0.3, -0.25) is 0 Å². The van der Waals surface area contributed by atoms with Crippen LogP contribution in [0.3, 0.4) is 0 Å². The zero-order chi connectivity index (χ0) is 16.1. The molecule has 0 saturated heterocycles. The maximum absolute atomic E-state index is 9.00. The van der Waals surface area contributed by atoms with E-state index in [1.54, 1.807) is 6.08 Å². The summed E-state index contributed by atoms with van der Waals surface area (Å²) in [6.07, 6.45) is 4.12. The average molecular weight is 291 g/mol. The molecule has 4 heteroatoms. The van der Waals surface area contributed by atoms with Gasteiger partial charge in [0.25, 0.3) is 0 Å². The van der Waals surface area contributed by atoms with E-state index in [-0.39, 0.29) is 5.57 Å². The largest absolute Gasteiger partial charge is 0.466 e. The molecule has 1 aliphatic rings. The van der Waals surface area contributed by atoms with Gasteiger partial charge in [-0.2, -0.15) is 10.5 Å². The molecule has 1 aromatic rings. The third-order valence-corrected chi connectivity index (χ3v) is 3.32. The summed E-state index contributed by atoms with van der Waals surface area (Å²) in [4.78, 5) is 2.04. The molecule has 1 heterocycles. The van der Waals surface area contributed by atoms with Gasteiger partial charge in [0, 0.05) is 26.2 Å². The van der Waals surface area contributed by atoms with Gasteiger partial charge in [-0.25, -0.2) is 0 Å². The van der Waals surface area contributed by atoms with Gasteiger partial charge in [0.1, 0.15) is 29.2 Å². The summed E-state index contributed by atoms with van der Waals surface area (Å²) < 4.78 is 5.70. The van der Waals surface area contributed by atoms with Crippen LogP contribution in [0.4, 0.5) is 5.69 Å². The van der Waals surface area contributed by atoms with Crippen LogP contribution < -0.4 is 4.90 Å². The first-order valence-corrected chi connectivity index (χ1v) is 6.91. The lowest BCUT2D eigenvalue weighted by atomic mass is 10.0. The molecule has 0 radical (unpaired) electrons. The fraction of sp³-hybridized carbons (Fsp3) is 0.222. The number of rotatable bonds is 2. The van der Waals surface area contributed by atoms with Crippen LogP contribution in [0.15, 0.2) is 53.0 Å². The highest BCUT2D eigenvalue weighted by Gasteiger charge is 2.15. The normalized spacial score (nSPS) is 15.4. The molecule has 0 spiro atoms. The molecule has 0 bridgehead atoms. The van der Waals surface area contributed by atoms with Gasteiger partial charge in [0.15, 0.2) is 0 Å². The van der Waals surface area contributed by atoms with E-state index in [9.17, 15) is 0 Å². The number of nitriles is 2. The minimum atomic E-state index is 0.136. The van der Waals surface area contributed by atoms with Crippen molar-refractivity contribution in [2.45, 2.75) is 13.3 Å². The monoisotopic (exact) mass is 291 g/mol. The van der Waals surface area contributed by atoms with Gasteiger partial charge in [0.05, 0.1) is 0 Å². The molecule has 0 aliphatic carbocycles. The number of allylic oxidation sites excluding steroid dienone is 4. The topological polar surface area (TPSA) is 60.0 Å². The SMILES string of the molecule is CC1=CC(=C(C#N)C#N)CC(=Cc2ccc(N(C)C)cc2)O1. The van der Waals surface area contributed by atoms with Crippen LogP contribution in [0.25, 0.3) is 6.08 Å². The molecule has 1 aromatic carbocycles. The van der Waals surface area contributed by atoms with Crippen LogP contribution in [-0.4, -0.2) is 14.1 Å². The molecule has 0 amide bonds. The van der Waals surface area contributed by atoms with Crippen molar-refractivity contribution < 1.29 is 4.74 Å². The summed E-state index contributed by atoms with van der Waals surface area (Å²) in [5.41, 5.74) is 2.98. The lowest BCUT2D eigenvalue weighted by molar-refractivity contribution is 0.293. The summed E-state index contributed by atoms with van der Waals surface area (Å²) in [7, 11) is 3.99. The molecular formula is C18H17N3O. The number of anilines is 1. The Kier molecular flexibility index (Phi) is 4.66. The van der Waals surface area contributed by atoms with E-state index in [1.807, 2.05) is 68.4 Å². The Hall–Kier alpha value is -2.98. The minimum Gasteiger partial charge on any atom is -0.466 e. The smallest absolute Gasteiger partial charge is 0.133 e. The van der Waals surface area contributed by atoms with Crippen molar-refractivity contribution in [2.75, 3.05) is 19.0 Å². The Morgan fingerprint density at radius 2 is 1.82 bits per heavy atom. The summed E-state index contributed by atoms with van der Waals surface area (Å²) in [5.74, 6) is 1.41. The van der Waals surface area contributed by atoms with Crippen LogP contribution in [0.2, 0.25) is 0 Å². The molecule has 0 fully saturated rings. The van der Waals surface area contributed by atoms with Gasteiger partial charge >= 0.3 is 0 Å². The van der Waals surface area contributed by atoms with Gasteiger partial charge in [-0.15, -0.1) is 0 Å². The first kappa shape index (κ1) is 15.4. The highest BCUT2D eigenvalue weighted by atomic mass is 16.5. The van der Waals surface area contributed by atoms with E-state index >= 15 is 0 Å². The van der Waals surface area contributed by atoms with Crippen molar-refractivity contribution in [1.82, 2.24) is 0 Å². The zero-order valence-corrected chi connectivity index (χ0v) is 12.9. The fourth-order valence-corrected chi connectivity index (χ4v) is 2.22. The second-order valence-electron chi connectivity index (χ2n) is 5.25. The van der Waals surface area contributed by atoms with Gasteiger partial charge in [-0.1, -0.05) is 12.1 Å². The predicted molar refractivity (Wildman–Crippen MR) is 86.5 cm³/mol. The number of ether oxygens (including phenoxy) is 1. The van der Waals surface area contributed by atoms with Crippen molar-refractivity contribution in [3.05, 3.63) is 58.6 Å². The molecule has 0 aromatic heterocycles. The standard InChI is InChI=1S/C18H17N3O/c1-13-8-15(16(11-19)12-20)10-18(22-13)9-14-4-6-17(7-5-14)21(2)3/h4-9H,10H2,1-3H3. The maximum atomic E-state index is 9.00. The van der Waals surface area contributed by atoms with E-state index in [4.69, 9.17) is 15.3 Å². The van der Waals surface area contributed by atoms with E-state index in [0.29, 0.717) is 17.8 Å². The minimum absolute atomic E-state index is 0.136. The third kappa shape index (κ3) is 3.56. The van der Waals surface area contributed by atoms with E-state index in [0.717, 1.165) is 17.0 Å². The molecule has 0 unspecified atom stereocenters. The maximum Gasteiger partial charge on any atom is 0.133 e. The van der Waals surface area contributed by atoms with Gasteiger partial charge < -0.3 is 9.64 Å². The molecular weight excluding hydrogens is 274 g/mol. The van der Waals surface area contributed by atoms with Crippen LogP contribution in [0.1, 0.15) is 18.9 Å². The molecule has 1 aliphatic heterocycles. The van der Waals surface area contributed by atoms with E-state index < -0.39 is 0 Å². The highest BCUT2D eigenvalue weighted by molar-refractivity contribution is 5.59. The average Bonchev–Trinajstić information content (AvgIpc) is 2.48. The Labute approximate surface area is 130 Å². The second kappa shape index (κ2) is 6.65. The Bertz CT molecular complexity index is 722. The molecule has 0 N–H and O–H groups in total. The van der Waals surface area contributed by atoms with Gasteiger partial charge in [0.2, 0.25) is 0 Å². The second-order valence-corrected chi connectivity index (χ2v) is 5.25. The molecule has 22 heavy (non-hydrogen) atoms. The summed E-state index contributed by atoms with van der Waals surface area (Å²) in [6.45, 7) is 1.81. The van der Waals surface area contributed by atoms with Gasteiger partial charge in [-0.05, 0) is 42.3 Å².